The number of anilines is 1. The number of hydrogen-bond acceptors (Lipinski definition) is 4. The molecule has 1 amide bonds. The Kier molecular flexibility index (Phi) is 5.28. The van der Waals surface area contributed by atoms with E-state index in [4.69, 9.17) is 4.74 Å². The first-order chi connectivity index (χ1) is 14.0. The number of carbonyl (C=O) groups excluding carboxylic acids is 1. The fourth-order valence-corrected chi connectivity index (χ4v) is 4.75. The molecule has 1 aromatic heterocycles. The SMILES string of the molecule is COc1ccc(C2Nn3c(C)ccc3SC2C(=O)Nc2cc(C)ccc2C)cc1. The number of aryl methyl sites for hydroxylation is 3. The number of aromatic nitrogens is 1. The molecule has 2 aromatic carbocycles. The van der Waals surface area contributed by atoms with Gasteiger partial charge in [-0.2, -0.15) is 0 Å². The predicted molar refractivity (Wildman–Crippen MR) is 118 cm³/mol. The van der Waals surface area contributed by atoms with Crippen LogP contribution in [0.5, 0.6) is 5.75 Å². The number of fused-ring (bicyclic) bond motifs is 1. The number of nitrogens with one attached hydrogen (secondary N) is 2. The van der Waals surface area contributed by atoms with Crippen LogP contribution in [-0.4, -0.2) is 22.9 Å². The lowest BCUT2D eigenvalue weighted by Gasteiger charge is -2.34. The van der Waals surface area contributed by atoms with Crippen molar-refractivity contribution in [2.24, 2.45) is 0 Å². The Hall–Kier alpha value is -2.86. The monoisotopic (exact) mass is 407 g/mol. The Balaban J connectivity index is 1.67. The second kappa shape index (κ2) is 7.87. The van der Waals surface area contributed by atoms with Crippen LogP contribution >= 0.6 is 11.8 Å². The normalized spacial score (nSPS) is 17.9. The maximum absolute atomic E-state index is 13.3. The van der Waals surface area contributed by atoms with Gasteiger partial charge >= 0.3 is 0 Å². The number of benzene rings is 2. The summed E-state index contributed by atoms with van der Waals surface area (Å²) in [6, 6.07) is 17.9. The van der Waals surface area contributed by atoms with Crippen LogP contribution in [-0.2, 0) is 4.79 Å². The largest absolute Gasteiger partial charge is 0.497 e. The van der Waals surface area contributed by atoms with Gasteiger partial charge in [-0.1, -0.05) is 36.0 Å². The lowest BCUT2D eigenvalue weighted by Crippen LogP contribution is -2.41. The number of amides is 1. The van der Waals surface area contributed by atoms with E-state index in [0.29, 0.717) is 0 Å². The van der Waals surface area contributed by atoms with Crippen molar-refractivity contribution in [2.45, 2.75) is 37.1 Å². The molecule has 0 saturated carbocycles. The molecule has 1 aliphatic heterocycles. The van der Waals surface area contributed by atoms with E-state index in [1.807, 2.05) is 50.2 Å². The van der Waals surface area contributed by atoms with E-state index < -0.39 is 0 Å². The van der Waals surface area contributed by atoms with Gasteiger partial charge in [-0.3, -0.25) is 9.47 Å². The molecule has 5 nitrogen and oxygen atoms in total. The highest BCUT2D eigenvalue weighted by Crippen LogP contribution is 2.39. The predicted octanol–water partition coefficient (Wildman–Crippen LogP) is 4.82. The van der Waals surface area contributed by atoms with Crippen molar-refractivity contribution in [2.75, 3.05) is 17.9 Å². The summed E-state index contributed by atoms with van der Waals surface area (Å²) >= 11 is 1.59. The minimum Gasteiger partial charge on any atom is -0.497 e. The van der Waals surface area contributed by atoms with Crippen molar-refractivity contribution in [3.05, 3.63) is 77.0 Å². The fourth-order valence-electron chi connectivity index (χ4n) is 3.52. The topological polar surface area (TPSA) is 55.3 Å². The van der Waals surface area contributed by atoms with Crippen molar-refractivity contribution >= 4 is 23.4 Å². The van der Waals surface area contributed by atoms with Gasteiger partial charge in [-0.05, 0) is 67.8 Å². The summed E-state index contributed by atoms with van der Waals surface area (Å²) in [5.41, 5.74) is 8.72. The molecule has 2 atom stereocenters. The van der Waals surface area contributed by atoms with E-state index in [1.54, 1.807) is 18.9 Å². The number of hydrogen-bond donors (Lipinski definition) is 2. The van der Waals surface area contributed by atoms with Crippen LogP contribution in [0.4, 0.5) is 5.69 Å². The molecule has 0 saturated heterocycles. The quantitative estimate of drug-likeness (QED) is 0.651. The molecule has 29 heavy (non-hydrogen) atoms. The second-order valence-corrected chi connectivity index (χ2v) is 8.54. The van der Waals surface area contributed by atoms with Gasteiger partial charge in [0, 0.05) is 11.4 Å². The van der Waals surface area contributed by atoms with E-state index in [1.165, 1.54) is 0 Å². The first-order valence-corrected chi connectivity index (χ1v) is 10.5. The van der Waals surface area contributed by atoms with Crippen molar-refractivity contribution in [3.8, 4) is 5.75 Å². The van der Waals surface area contributed by atoms with Crippen molar-refractivity contribution in [1.82, 2.24) is 4.68 Å². The molecule has 1 aliphatic rings. The first-order valence-electron chi connectivity index (χ1n) is 9.60. The summed E-state index contributed by atoms with van der Waals surface area (Å²) in [4.78, 5) is 13.3. The standard InChI is InChI=1S/C23H25N3O2S/c1-14-5-6-15(2)19(13-14)24-23(27)22-21(17-8-10-18(28-4)11-9-17)25-26-16(3)7-12-20(26)29-22/h5-13,21-22,25H,1-4H3,(H,24,27). The molecule has 2 N–H and O–H groups in total. The minimum atomic E-state index is -0.315. The number of thioether (sulfide) groups is 1. The molecule has 150 valence electrons. The molecular weight excluding hydrogens is 382 g/mol. The zero-order valence-electron chi connectivity index (χ0n) is 17.0. The Morgan fingerprint density at radius 2 is 1.83 bits per heavy atom. The maximum atomic E-state index is 13.3. The average Bonchev–Trinajstić information content (AvgIpc) is 3.10. The molecular formula is C23H25N3O2S. The summed E-state index contributed by atoms with van der Waals surface area (Å²) in [5, 5.41) is 3.87. The summed E-state index contributed by atoms with van der Waals surface area (Å²) < 4.78 is 7.34. The summed E-state index contributed by atoms with van der Waals surface area (Å²) in [5.74, 6) is 0.786. The molecule has 0 aliphatic carbocycles. The number of ether oxygens (including phenoxy) is 1. The van der Waals surface area contributed by atoms with E-state index in [-0.39, 0.29) is 17.2 Å². The number of methoxy groups -OCH3 is 1. The van der Waals surface area contributed by atoms with Crippen LogP contribution in [0.25, 0.3) is 0 Å². The van der Waals surface area contributed by atoms with Crippen molar-refractivity contribution < 1.29 is 9.53 Å². The summed E-state index contributed by atoms with van der Waals surface area (Å²) in [6.45, 7) is 6.09. The van der Waals surface area contributed by atoms with Crippen LogP contribution in [0.1, 0.15) is 28.4 Å². The van der Waals surface area contributed by atoms with E-state index in [0.717, 1.165) is 38.8 Å². The highest BCUT2D eigenvalue weighted by atomic mass is 32.2. The molecule has 6 heteroatoms. The average molecular weight is 408 g/mol. The van der Waals surface area contributed by atoms with E-state index in [2.05, 4.69) is 40.5 Å². The molecule has 4 rings (SSSR count). The molecule has 0 fully saturated rings. The fraction of sp³-hybridized carbons (Fsp3) is 0.261. The zero-order valence-corrected chi connectivity index (χ0v) is 17.8. The second-order valence-electron chi connectivity index (χ2n) is 7.37. The minimum absolute atomic E-state index is 0.0119. The Morgan fingerprint density at radius 1 is 1.07 bits per heavy atom. The van der Waals surface area contributed by atoms with Crippen LogP contribution in [0.2, 0.25) is 0 Å². The Bertz CT molecular complexity index is 1040. The van der Waals surface area contributed by atoms with Gasteiger partial charge in [0.15, 0.2) is 0 Å². The maximum Gasteiger partial charge on any atom is 0.240 e. The Labute approximate surface area is 175 Å². The van der Waals surface area contributed by atoms with Gasteiger partial charge in [-0.25, -0.2) is 0 Å². The van der Waals surface area contributed by atoms with Gasteiger partial charge in [0.1, 0.15) is 11.0 Å². The molecule has 0 spiro atoms. The summed E-state index contributed by atoms with van der Waals surface area (Å²) in [7, 11) is 1.65. The molecule has 0 bridgehead atoms. The molecule has 3 aromatic rings. The highest BCUT2D eigenvalue weighted by Gasteiger charge is 2.36. The summed E-state index contributed by atoms with van der Waals surface area (Å²) in [6.07, 6.45) is 0. The van der Waals surface area contributed by atoms with Gasteiger partial charge in [0.05, 0.1) is 18.2 Å². The third kappa shape index (κ3) is 3.85. The van der Waals surface area contributed by atoms with E-state index in [9.17, 15) is 4.79 Å². The zero-order chi connectivity index (χ0) is 20.5. The highest BCUT2D eigenvalue weighted by molar-refractivity contribution is 8.00. The van der Waals surface area contributed by atoms with Crippen LogP contribution in [0.15, 0.2) is 59.6 Å². The van der Waals surface area contributed by atoms with Gasteiger partial charge in [-0.15, -0.1) is 0 Å². The molecule has 2 unspecified atom stereocenters. The lowest BCUT2D eigenvalue weighted by molar-refractivity contribution is -0.116. The van der Waals surface area contributed by atoms with Crippen LogP contribution in [0.3, 0.4) is 0 Å². The Morgan fingerprint density at radius 3 is 2.55 bits per heavy atom. The molecule has 0 radical (unpaired) electrons. The number of rotatable bonds is 4. The van der Waals surface area contributed by atoms with Gasteiger partial charge in [0.2, 0.25) is 5.91 Å². The lowest BCUT2D eigenvalue weighted by atomic mass is 10.0. The number of carbonyl (C=O) groups is 1. The third-order valence-electron chi connectivity index (χ3n) is 5.24. The number of nitrogens with zero attached hydrogens (tertiary/aromatic N) is 1. The van der Waals surface area contributed by atoms with Crippen molar-refractivity contribution in [1.29, 1.82) is 0 Å². The smallest absolute Gasteiger partial charge is 0.240 e. The third-order valence-corrected chi connectivity index (χ3v) is 6.54. The van der Waals surface area contributed by atoms with Gasteiger partial charge < -0.3 is 15.5 Å². The van der Waals surface area contributed by atoms with Crippen LogP contribution < -0.4 is 15.5 Å². The molecule has 2 heterocycles. The van der Waals surface area contributed by atoms with Crippen LogP contribution in [0, 0.1) is 20.8 Å². The van der Waals surface area contributed by atoms with E-state index >= 15 is 0 Å². The van der Waals surface area contributed by atoms with Crippen molar-refractivity contribution in [3.63, 3.8) is 0 Å². The first kappa shape index (κ1) is 19.5. The van der Waals surface area contributed by atoms with Gasteiger partial charge in [0.25, 0.3) is 0 Å².